The average molecular weight is 377 g/mol. The monoisotopic (exact) mass is 376 g/mol. The van der Waals surface area contributed by atoms with Crippen LogP contribution < -0.4 is 9.47 Å². The molecule has 1 fully saturated rings. The first-order valence-electron chi connectivity index (χ1n) is 7.02. The molecule has 0 N–H and O–H groups in total. The normalized spacial score (nSPS) is 22.8. The Bertz CT molecular complexity index is 585. The molecule has 0 aromatic heterocycles. The Labute approximate surface area is 134 Å². The van der Waals surface area contributed by atoms with E-state index >= 15 is 0 Å². The lowest BCUT2D eigenvalue weighted by atomic mass is 9.97. The van der Waals surface area contributed by atoms with E-state index in [4.69, 9.17) is 9.47 Å². The Kier molecular flexibility index (Phi) is 5.54. The highest BCUT2D eigenvalue weighted by Gasteiger charge is 2.30. The van der Waals surface area contributed by atoms with E-state index in [2.05, 4.69) is 15.9 Å². The lowest BCUT2D eigenvalue weighted by Crippen LogP contribution is -2.33. The molecule has 2 atom stereocenters. The summed E-state index contributed by atoms with van der Waals surface area (Å²) in [7, 11) is -1.38. The van der Waals surface area contributed by atoms with E-state index in [1.54, 1.807) is 7.11 Å². The maximum Gasteiger partial charge on any atom is 0.150 e. The van der Waals surface area contributed by atoms with E-state index in [0.717, 1.165) is 36.3 Å². The zero-order valence-electron chi connectivity index (χ0n) is 12.3. The highest BCUT2D eigenvalue weighted by Crippen LogP contribution is 2.32. The summed E-state index contributed by atoms with van der Waals surface area (Å²) in [5, 5.41) is 0.406. The number of hydrogen-bond donors (Lipinski definition) is 0. The van der Waals surface area contributed by atoms with Crippen molar-refractivity contribution in [1.82, 2.24) is 0 Å². The molecule has 0 radical (unpaired) electrons. The van der Waals surface area contributed by atoms with E-state index in [0.29, 0.717) is 11.8 Å². The minimum absolute atomic E-state index is 0.0524. The second-order valence-corrected chi connectivity index (χ2v) is 8.35. The van der Waals surface area contributed by atoms with Crippen LogP contribution in [-0.2, 0) is 15.2 Å². The van der Waals surface area contributed by atoms with Crippen molar-refractivity contribution in [2.75, 3.05) is 13.4 Å². The molecule has 0 spiro atoms. The van der Waals surface area contributed by atoms with Crippen LogP contribution in [0.3, 0.4) is 0 Å². The second kappa shape index (κ2) is 7.01. The van der Waals surface area contributed by atoms with Gasteiger partial charge in [0.2, 0.25) is 0 Å². The van der Waals surface area contributed by atoms with Gasteiger partial charge in [-0.2, -0.15) is 0 Å². The van der Waals surface area contributed by atoms with E-state index < -0.39 is 9.84 Å². The molecule has 0 bridgehead atoms. The number of ether oxygens (including phenoxy) is 2. The number of alkyl halides is 1. The number of hydrogen-bond acceptors (Lipinski definition) is 4. The Morgan fingerprint density at radius 3 is 2.71 bits per heavy atom. The van der Waals surface area contributed by atoms with Gasteiger partial charge in [-0.3, -0.25) is 0 Å². The van der Waals surface area contributed by atoms with Crippen LogP contribution in [-0.4, -0.2) is 33.1 Å². The van der Waals surface area contributed by atoms with Crippen LogP contribution in [0.25, 0.3) is 0 Å². The Morgan fingerprint density at radius 2 is 2.10 bits per heavy atom. The molecule has 0 saturated heterocycles. The van der Waals surface area contributed by atoms with Crippen LogP contribution in [0.2, 0.25) is 0 Å². The van der Waals surface area contributed by atoms with E-state index in [9.17, 15) is 8.42 Å². The standard InChI is InChI=1S/C15H21BrO4S/c1-19-12-7-6-11(10-16)15(9-12)20-13-4-3-5-14(8-13)21(2,17)18/h6-7,9,13-14H,3-5,8,10H2,1-2H3. The average Bonchev–Trinajstić information content (AvgIpc) is 2.46. The highest BCUT2D eigenvalue weighted by atomic mass is 79.9. The van der Waals surface area contributed by atoms with E-state index in [1.807, 2.05) is 18.2 Å². The molecular weight excluding hydrogens is 356 g/mol. The van der Waals surface area contributed by atoms with Crippen LogP contribution in [0, 0.1) is 0 Å². The van der Waals surface area contributed by atoms with Gasteiger partial charge in [-0.05, 0) is 25.3 Å². The van der Waals surface area contributed by atoms with Gasteiger partial charge in [0.05, 0.1) is 18.5 Å². The van der Waals surface area contributed by atoms with Crippen molar-refractivity contribution < 1.29 is 17.9 Å². The zero-order valence-corrected chi connectivity index (χ0v) is 14.7. The van der Waals surface area contributed by atoms with Gasteiger partial charge in [0.1, 0.15) is 21.3 Å². The molecule has 1 aliphatic rings. The number of methoxy groups -OCH3 is 1. The Hall–Kier alpha value is -0.750. The second-order valence-electron chi connectivity index (χ2n) is 5.47. The fourth-order valence-electron chi connectivity index (χ4n) is 2.66. The fraction of sp³-hybridized carbons (Fsp3) is 0.600. The maximum atomic E-state index is 11.7. The molecule has 2 unspecified atom stereocenters. The predicted octanol–water partition coefficient (Wildman–Crippen LogP) is 3.32. The van der Waals surface area contributed by atoms with Gasteiger partial charge < -0.3 is 9.47 Å². The summed E-state index contributed by atoms with van der Waals surface area (Å²) in [6, 6.07) is 5.71. The summed E-state index contributed by atoms with van der Waals surface area (Å²) in [6.45, 7) is 0. The molecule has 0 amide bonds. The van der Waals surface area contributed by atoms with Crippen LogP contribution in [0.5, 0.6) is 11.5 Å². The van der Waals surface area contributed by atoms with Crippen LogP contribution in [0.4, 0.5) is 0 Å². The third-order valence-electron chi connectivity index (χ3n) is 3.90. The third-order valence-corrected chi connectivity index (χ3v) is 6.14. The minimum atomic E-state index is -2.99. The number of benzene rings is 1. The van der Waals surface area contributed by atoms with Gasteiger partial charge >= 0.3 is 0 Å². The predicted molar refractivity (Wildman–Crippen MR) is 87.1 cm³/mol. The quantitative estimate of drug-likeness (QED) is 0.739. The molecular formula is C15H21BrO4S. The fourth-order valence-corrected chi connectivity index (χ4v) is 4.28. The molecule has 2 rings (SSSR count). The first-order chi connectivity index (χ1) is 9.94. The number of halogens is 1. The van der Waals surface area contributed by atoms with E-state index in [-0.39, 0.29) is 11.4 Å². The highest BCUT2D eigenvalue weighted by molar-refractivity contribution is 9.08. The minimum Gasteiger partial charge on any atom is -0.497 e. The molecule has 4 nitrogen and oxygen atoms in total. The molecule has 0 aliphatic heterocycles. The largest absolute Gasteiger partial charge is 0.497 e. The van der Waals surface area contributed by atoms with Crippen LogP contribution in [0.15, 0.2) is 18.2 Å². The molecule has 1 aromatic carbocycles. The van der Waals surface area contributed by atoms with Crippen molar-refractivity contribution in [3.8, 4) is 11.5 Å². The topological polar surface area (TPSA) is 52.6 Å². The van der Waals surface area contributed by atoms with Crippen LogP contribution >= 0.6 is 15.9 Å². The lowest BCUT2D eigenvalue weighted by molar-refractivity contribution is 0.154. The molecule has 118 valence electrons. The summed E-state index contributed by atoms with van der Waals surface area (Å²) in [5.41, 5.74) is 1.04. The lowest BCUT2D eigenvalue weighted by Gasteiger charge is -2.29. The maximum absolute atomic E-state index is 11.7. The van der Waals surface area contributed by atoms with Gasteiger partial charge in [-0.25, -0.2) is 8.42 Å². The smallest absolute Gasteiger partial charge is 0.150 e. The third kappa shape index (κ3) is 4.36. The van der Waals surface area contributed by atoms with Crippen molar-refractivity contribution in [3.63, 3.8) is 0 Å². The van der Waals surface area contributed by atoms with E-state index in [1.165, 1.54) is 6.26 Å². The van der Waals surface area contributed by atoms with Crippen molar-refractivity contribution in [1.29, 1.82) is 0 Å². The van der Waals surface area contributed by atoms with Crippen molar-refractivity contribution in [2.24, 2.45) is 0 Å². The van der Waals surface area contributed by atoms with Gasteiger partial charge in [0, 0.05) is 29.6 Å². The number of rotatable bonds is 5. The summed E-state index contributed by atoms with van der Waals surface area (Å²) < 4.78 is 34.7. The number of sulfone groups is 1. The van der Waals surface area contributed by atoms with Gasteiger partial charge in [0.15, 0.2) is 0 Å². The van der Waals surface area contributed by atoms with Gasteiger partial charge in [-0.15, -0.1) is 0 Å². The molecule has 1 aromatic rings. The summed E-state index contributed by atoms with van der Waals surface area (Å²) in [4.78, 5) is 0. The summed E-state index contributed by atoms with van der Waals surface area (Å²) in [6.07, 6.45) is 4.35. The Morgan fingerprint density at radius 1 is 1.33 bits per heavy atom. The first-order valence-corrected chi connectivity index (χ1v) is 10.1. The van der Waals surface area contributed by atoms with Crippen molar-refractivity contribution >= 4 is 25.8 Å². The van der Waals surface area contributed by atoms with Gasteiger partial charge in [0.25, 0.3) is 0 Å². The van der Waals surface area contributed by atoms with Crippen LogP contribution in [0.1, 0.15) is 31.2 Å². The zero-order chi connectivity index (χ0) is 15.5. The summed E-state index contributed by atoms with van der Waals surface area (Å²) >= 11 is 3.45. The molecule has 0 heterocycles. The SMILES string of the molecule is COc1ccc(CBr)c(OC2CCCC(S(C)(=O)=O)C2)c1. The molecule has 21 heavy (non-hydrogen) atoms. The van der Waals surface area contributed by atoms with Gasteiger partial charge in [-0.1, -0.05) is 22.0 Å². The molecule has 1 saturated carbocycles. The Balaban J connectivity index is 2.14. The first kappa shape index (κ1) is 16.6. The van der Waals surface area contributed by atoms with Crippen molar-refractivity contribution in [3.05, 3.63) is 23.8 Å². The molecule has 6 heteroatoms. The summed E-state index contributed by atoms with van der Waals surface area (Å²) in [5.74, 6) is 1.51. The molecule has 1 aliphatic carbocycles. The van der Waals surface area contributed by atoms with Crippen molar-refractivity contribution in [2.45, 2.75) is 42.4 Å².